The highest BCUT2D eigenvalue weighted by molar-refractivity contribution is 6.07. The zero-order chi connectivity index (χ0) is 17.7. The molecule has 0 aliphatic heterocycles. The Balaban J connectivity index is 2.39. The topological polar surface area (TPSA) is 56.8 Å². The van der Waals surface area contributed by atoms with E-state index in [1.165, 1.54) is 20.3 Å². The van der Waals surface area contributed by atoms with E-state index in [-0.39, 0.29) is 23.7 Å². The number of halogens is 2. The van der Waals surface area contributed by atoms with Gasteiger partial charge in [0.05, 0.1) is 26.4 Å². The Morgan fingerprint density at radius 2 is 1.83 bits per heavy atom. The van der Waals surface area contributed by atoms with Gasteiger partial charge in [-0.2, -0.15) is 0 Å². The van der Waals surface area contributed by atoms with Gasteiger partial charge in [0.2, 0.25) is 0 Å². The van der Waals surface area contributed by atoms with Crippen molar-refractivity contribution in [2.45, 2.75) is 6.92 Å². The summed E-state index contributed by atoms with van der Waals surface area (Å²) < 4.78 is 43.5. The molecule has 0 aromatic heterocycles. The molecule has 1 N–H and O–H groups in total. The first-order valence-corrected chi connectivity index (χ1v) is 7.16. The number of ether oxygens (including phenoxy) is 3. The molecule has 0 aliphatic rings. The number of hydrogen-bond donors (Lipinski definition) is 1. The van der Waals surface area contributed by atoms with Gasteiger partial charge in [-0.15, -0.1) is 0 Å². The van der Waals surface area contributed by atoms with Gasteiger partial charge in [0.15, 0.2) is 23.1 Å². The fourth-order valence-electron chi connectivity index (χ4n) is 2.16. The lowest BCUT2D eigenvalue weighted by atomic mass is 10.1. The van der Waals surface area contributed by atoms with E-state index in [4.69, 9.17) is 14.2 Å². The minimum Gasteiger partial charge on any atom is -0.493 e. The summed E-state index contributed by atoms with van der Waals surface area (Å²) in [5.41, 5.74) is -0.506. The molecule has 2 aromatic carbocycles. The monoisotopic (exact) mass is 337 g/mol. The highest BCUT2D eigenvalue weighted by Gasteiger charge is 2.21. The van der Waals surface area contributed by atoms with Crippen LogP contribution in [0.15, 0.2) is 30.3 Å². The summed E-state index contributed by atoms with van der Waals surface area (Å²) in [5.74, 6) is -2.28. The van der Waals surface area contributed by atoms with E-state index < -0.39 is 23.2 Å². The second-order valence-corrected chi connectivity index (χ2v) is 4.66. The van der Waals surface area contributed by atoms with Crippen molar-refractivity contribution in [1.29, 1.82) is 0 Å². The highest BCUT2D eigenvalue weighted by atomic mass is 19.1. The molecule has 0 heterocycles. The molecule has 5 nitrogen and oxygen atoms in total. The standard InChI is InChI=1S/C17H17F2NO4/c1-4-24-12-9-8-11(18)15(14(12)19)20-17(21)10-6-5-7-13(22-2)16(10)23-3/h5-9H,4H2,1-3H3,(H,20,21). The molecule has 2 aromatic rings. The second-order valence-electron chi connectivity index (χ2n) is 4.66. The molecule has 0 spiro atoms. The minimum absolute atomic E-state index is 0.0810. The van der Waals surface area contributed by atoms with E-state index in [1.807, 2.05) is 0 Å². The van der Waals surface area contributed by atoms with Crippen LogP contribution in [0.5, 0.6) is 17.2 Å². The van der Waals surface area contributed by atoms with Gasteiger partial charge in [-0.1, -0.05) is 6.07 Å². The number of benzene rings is 2. The largest absolute Gasteiger partial charge is 0.493 e. The zero-order valence-corrected chi connectivity index (χ0v) is 13.5. The average molecular weight is 337 g/mol. The summed E-state index contributed by atoms with van der Waals surface area (Å²) in [4.78, 5) is 12.4. The van der Waals surface area contributed by atoms with Gasteiger partial charge in [-0.25, -0.2) is 8.78 Å². The Morgan fingerprint density at radius 1 is 1.08 bits per heavy atom. The number of carbonyl (C=O) groups excluding carboxylic acids is 1. The number of hydrogen-bond acceptors (Lipinski definition) is 4. The molecule has 1 amide bonds. The normalized spacial score (nSPS) is 10.2. The van der Waals surface area contributed by atoms with Gasteiger partial charge in [-0.3, -0.25) is 4.79 Å². The summed E-state index contributed by atoms with van der Waals surface area (Å²) in [5, 5.41) is 2.22. The van der Waals surface area contributed by atoms with Crippen molar-refractivity contribution >= 4 is 11.6 Å². The zero-order valence-electron chi connectivity index (χ0n) is 13.5. The molecule has 0 aliphatic carbocycles. The summed E-state index contributed by atoms with van der Waals surface area (Å²) >= 11 is 0. The summed E-state index contributed by atoms with van der Waals surface area (Å²) in [6.45, 7) is 1.88. The molecule has 7 heteroatoms. The molecule has 2 rings (SSSR count). The molecule has 0 bridgehead atoms. The Labute approximate surface area is 138 Å². The van der Waals surface area contributed by atoms with Crippen LogP contribution in [0.2, 0.25) is 0 Å². The van der Waals surface area contributed by atoms with E-state index in [1.54, 1.807) is 19.1 Å². The number of nitrogens with one attached hydrogen (secondary N) is 1. The van der Waals surface area contributed by atoms with Crippen molar-refractivity contribution < 1.29 is 27.8 Å². The SMILES string of the molecule is CCOc1ccc(F)c(NC(=O)c2cccc(OC)c2OC)c1F. The third-order valence-electron chi connectivity index (χ3n) is 3.24. The van der Waals surface area contributed by atoms with E-state index >= 15 is 0 Å². The number of para-hydroxylation sites is 1. The van der Waals surface area contributed by atoms with E-state index in [2.05, 4.69) is 5.32 Å². The lowest BCUT2D eigenvalue weighted by Crippen LogP contribution is -2.16. The van der Waals surface area contributed by atoms with E-state index in [9.17, 15) is 13.6 Å². The predicted octanol–water partition coefficient (Wildman–Crippen LogP) is 3.63. The third-order valence-corrected chi connectivity index (χ3v) is 3.24. The van der Waals surface area contributed by atoms with Gasteiger partial charge in [0, 0.05) is 0 Å². The molecule has 128 valence electrons. The van der Waals surface area contributed by atoms with Gasteiger partial charge >= 0.3 is 0 Å². The Hall–Kier alpha value is -2.83. The maximum absolute atomic E-state index is 14.3. The van der Waals surface area contributed by atoms with Gasteiger partial charge in [-0.05, 0) is 31.2 Å². The van der Waals surface area contributed by atoms with Crippen LogP contribution in [0.3, 0.4) is 0 Å². The third kappa shape index (κ3) is 3.40. The lowest BCUT2D eigenvalue weighted by molar-refractivity contribution is 0.102. The van der Waals surface area contributed by atoms with Gasteiger partial charge in [0.1, 0.15) is 11.5 Å². The van der Waals surface area contributed by atoms with Crippen molar-refractivity contribution in [3.63, 3.8) is 0 Å². The van der Waals surface area contributed by atoms with Crippen LogP contribution in [-0.2, 0) is 0 Å². The molecule has 0 saturated carbocycles. The first-order chi connectivity index (χ1) is 11.5. The van der Waals surface area contributed by atoms with E-state index in [0.29, 0.717) is 5.75 Å². The highest BCUT2D eigenvalue weighted by Crippen LogP contribution is 2.33. The summed E-state index contributed by atoms with van der Waals surface area (Å²) in [7, 11) is 2.79. The number of amides is 1. The van der Waals surface area contributed by atoms with Crippen molar-refractivity contribution in [2.24, 2.45) is 0 Å². The Bertz CT molecular complexity index is 750. The number of methoxy groups -OCH3 is 2. The Morgan fingerprint density at radius 3 is 2.46 bits per heavy atom. The van der Waals surface area contributed by atoms with Crippen molar-refractivity contribution in [3.05, 3.63) is 47.5 Å². The first-order valence-electron chi connectivity index (χ1n) is 7.16. The molecule has 24 heavy (non-hydrogen) atoms. The van der Waals surface area contributed by atoms with Crippen molar-refractivity contribution in [3.8, 4) is 17.2 Å². The molecule has 0 fully saturated rings. The quantitative estimate of drug-likeness (QED) is 0.874. The smallest absolute Gasteiger partial charge is 0.259 e. The molecule has 0 atom stereocenters. The summed E-state index contributed by atoms with van der Waals surface area (Å²) in [6.07, 6.45) is 0. The van der Waals surface area contributed by atoms with Crippen LogP contribution in [0.1, 0.15) is 17.3 Å². The number of anilines is 1. The second kappa shape index (κ2) is 7.63. The van der Waals surface area contributed by atoms with Crippen LogP contribution in [0, 0.1) is 11.6 Å². The van der Waals surface area contributed by atoms with Crippen LogP contribution in [0.25, 0.3) is 0 Å². The van der Waals surface area contributed by atoms with Gasteiger partial charge < -0.3 is 19.5 Å². The molecular weight excluding hydrogens is 320 g/mol. The van der Waals surface area contributed by atoms with Crippen LogP contribution in [-0.4, -0.2) is 26.7 Å². The number of carbonyl (C=O) groups is 1. The van der Waals surface area contributed by atoms with Crippen LogP contribution < -0.4 is 19.5 Å². The van der Waals surface area contributed by atoms with Crippen molar-refractivity contribution in [2.75, 3.05) is 26.1 Å². The van der Waals surface area contributed by atoms with Gasteiger partial charge in [0.25, 0.3) is 5.91 Å². The lowest BCUT2D eigenvalue weighted by Gasteiger charge is -2.14. The maximum Gasteiger partial charge on any atom is 0.259 e. The predicted molar refractivity (Wildman–Crippen MR) is 85.0 cm³/mol. The number of rotatable bonds is 6. The van der Waals surface area contributed by atoms with Crippen LogP contribution in [0.4, 0.5) is 14.5 Å². The summed E-state index contributed by atoms with van der Waals surface area (Å²) in [6, 6.07) is 6.81. The van der Waals surface area contributed by atoms with Crippen molar-refractivity contribution in [1.82, 2.24) is 0 Å². The molecule has 0 radical (unpaired) electrons. The maximum atomic E-state index is 14.3. The molecule has 0 saturated heterocycles. The Kier molecular flexibility index (Phi) is 5.57. The van der Waals surface area contributed by atoms with E-state index in [0.717, 1.165) is 12.1 Å². The fraction of sp³-hybridized carbons (Fsp3) is 0.235. The fourth-order valence-corrected chi connectivity index (χ4v) is 2.16. The minimum atomic E-state index is -0.980. The van der Waals surface area contributed by atoms with Crippen LogP contribution >= 0.6 is 0 Å². The average Bonchev–Trinajstić information content (AvgIpc) is 2.60. The molecule has 0 unspecified atom stereocenters. The first kappa shape index (κ1) is 17.5. The molecular formula is C17H17F2NO4.